The van der Waals surface area contributed by atoms with E-state index in [4.69, 9.17) is 11.6 Å². The number of anilines is 1. The molecular weight excluding hydrogens is 250 g/mol. The molecule has 0 saturated heterocycles. The normalized spacial score (nSPS) is 13.2. The van der Waals surface area contributed by atoms with Gasteiger partial charge in [-0.3, -0.25) is 9.48 Å². The van der Waals surface area contributed by atoms with E-state index in [2.05, 4.69) is 10.4 Å². The molecule has 0 radical (unpaired) electrons. The first-order valence-electron chi connectivity index (χ1n) is 5.76. The molecule has 5 heteroatoms. The number of carbonyl (C=O) groups excluding carboxylic acids is 1. The smallest absolute Gasteiger partial charge is 0.212 e. The fraction of sp³-hybridized carbons (Fsp3) is 0.231. The number of fused-ring (bicyclic) bond motifs is 1. The number of aromatic nitrogens is 2. The zero-order valence-corrected chi connectivity index (χ0v) is 10.7. The Labute approximate surface area is 110 Å². The number of hydrogen-bond donors (Lipinski definition) is 1. The van der Waals surface area contributed by atoms with E-state index in [0.29, 0.717) is 16.3 Å². The summed E-state index contributed by atoms with van der Waals surface area (Å²) in [6.45, 7) is 0.930. The van der Waals surface area contributed by atoms with Crippen molar-refractivity contribution in [3.05, 3.63) is 46.2 Å². The topological polar surface area (TPSA) is 46.9 Å². The molecule has 2 aromatic rings. The molecule has 0 spiro atoms. The Balaban J connectivity index is 2.03. The van der Waals surface area contributed by atoms with Gasteiger partial charge in [-0.1, -0.05) is 23.7 Å². The highest BCUT2D eigenvalue weighted by Crippen LogP contribution is 2.25. The van der Waals surface area contributed by atoms with Crippen LogP contribution < -0.4 is 5.32 Å². The molecule has 92 valence electrons. The first-order valence-corrected chi connectivity index (χ1v) is 6.13. The van der Waals surface area contributed by atoms with Crippen molar-refractivity contribution in [2.75, 3.05) is 11.9 Å². The van der Waals surface area contributed by atoms with Gasteiger partial charge >= 0.3 is 0 Å². The van der Waals surface area contributed by atoms with Crippen molar-refractivity contribution >= 4 is 23.1 Å². The SMILES string of the molecule is Cn1ncc(Cl)c1C(=O)c1ccc2c(c1)NCC2. The van der Waals surface area contributed by atoms with Crippen molar-refractivity contribution in [2.24, 2.45) is 7.05 Å². The lowest BCUT2D eigenvalue weighted by atomic mass is 10.0. The molecule has 0 unspecified atom stereocenters. The molecule has 0 saturated carbocycles. The monoisotopic (exact) mass is 261 g/mol. The molecule has 3 rings (SSSR count). The van der Waals surface area contributed by atoms with Crippen LogP contribution in [0.5, 0.6) is 0 Å². The fourth-order valence-corrected chi connectivity index (χ4v) is 2.49. The Kier molecular flexibility index (Phi) is 2.59. The van der Waals surface area contributed by atoms with Gasteiger partial charge in [0.2, 0.25) is 5.78 Å². The first-order chi connectivity index (χ1) is 8.66. The lowest BCUT2D eigenvalue weighted by molar-refractivity contribution is 0.103. The maximum absolute atomic E-state index is 12.4. The Hall–Kier alpha value is -1.81. The summed E-state index contributed by atoms with van der Waals surface area (Å²) < 4.78 is 1.51. The lowest BCUT2D eigenvalue weighted by Gasteiger charge is -2.05. The van der Waals surface area contributed by atoms with E-state index in [-0.39, 0.29) is 5.78 Å². The van der Waals surface area contributed by atoms with Crippen molar-refractivity contribution in [1.29, 1.82) is 0 Å². The van der Waals surface area contributed by atoms with Crippen LogP contribution in [-0.2, 0) is 13.5 Å². The molecule has 0 fully saturated rings. The van der Waals surface area contributed by atoms with Gasteiger partial charge in [-0.05, 0) is 18.1 Å². The zero-order valence-electron chi connectivity index (χ0n) is 9.90. The number of nitrogens with zero attached hydrogens (tertiary/aromatic N) is 2. The van der Waals surface area contributed by atoms with Crippen LogP contribution in [0.25, 0.3) is 0 Å². The summed E-state index contributed by atoms with van der Waals surface area (Å²) in [4.78, 5) is 12.4. The zero-order chi connectivity index (χ0) is 12.7. The molecule has 4 nitrogen and oxygen atoms in total. The predicted molar refractivity (Wildman–Crippen MR) is 70.3 cm³/mol. The molecule has 0 atom stereocenters. The maximum Gasteiger partial charge on any atom is 0.212 e. The van der Waals surface area contributed by atoms with Gasteiger partial charge in [0.1, 0.15) is 5.69 Å². The third-order valence-electron chi connectivity index (χ3n) is 3.19. The number of nitrogens with one attached hydrogen (secondary N) is 1. The van der Waals surface area contributed by atoms with Gasteiger partial charge < -0.3 is 5.32 Å². The summed E-state index contributed by atoms with van der Waals surface area (Å²) in [6.07, 6.45) is 2.50. The van der Waals surface area contributed by atoms with Gasteiger partial charge in [-0.15, -0.1) is 0 Å². The van der Waals surface area contributed by atoms with Crippen LogP contribution in [0.15, 0.2) is 24.4 Å². The van der Waals surface area contributed by atoms with Crippen LogP contribution in [0.4, 0.5) is 5.69 Å². The van der Waals surface area contributed by atoms with Crippen LogP contribution in [-0.4, -0.2) is 22.1 Å². The summed E-state index contributed by atoms with van der Waals surface area (Å²) in [7, 11) is 1.71. The molecule has 0 aliphatic carbocycles. The minimum absolute atomic E-state index is 0.100. The summed E-state index contributed by atoms with van der Waals surface area (Å²) in [5, 5.41) is 7.63. The number of rotatable bonds is 2. The lowest BCUT2D eigenvalue weighted by Crippen LogP contribution is -2.09. The van der Waals surface area contributed by atoms with Crippen LogP contribution in [0.3, 0.4) is 0 Å². The van der Waals surface area contributed by atoms with Gasteiger partial charge in [0.05, 0.1) is 11.2 Å². The van der Waals surface area contributed by atoms with Crippen LogP contribution >= 0.6 is 11.6 Å². The second-order valence-electron chi connectivity index (χ2n) is 4.34. The standard InChI is InChI=1S/C13H12ClN3O/c1-17-12(10(14)7-16-17)13(18)9-3-2-8-4-5-15-11(8)6-9/h2-3,6-7,15H,4-5H2,1H3. The average Bonchev–Trinajstić information content (AvgIpc) is 2.94. The molecule has 0 bridgehead atoms. The highest BCUT2D eigenvalue weighted by atomic mass is 35.5. The van der Waals surface area contributed by atoms with Crippen molar-refractivity contribution < 1.29 is 4.79 Å². The van der Waals surface area contributed by atoms with Gasteiger partial charge in [0.25, 0.3) is 0 Å². The van der Waals surface area contributed by atoms with E-state index >= 15 is 0 Å². The Morgan fingerprint density at radius 3 is 3.06 bits per heavy atom. The molecule has 1 aromatic heterocycles. The fourth-order valence-electron chi connectivity index (χ4n) is 2.23. The third-order valence-corrected chi connectivity index (χ3v) is 3.47. The van der Waals surface area contributed by atoms with Gasteiger partial charge in [0.15, 0.2) is 0 Å². The summed E-state index contributed by atoms with van der Waals surface area (Å²) in [5.41, 5.74) is 3.35. The van der Waals surface area contributed by atoms with Gasteiger partial charge in [0, 0.05) is 24.8 Å². The van der Waals surface area contributed by atoms with Gasteiger partial charge in [-0.25, -0.2) is 0 Å². The van der Waals surface area contributed by atoms with E-state index in [9.17, 15) is 4.79 Å². The van der Waals surface area contributed by atoms with Crippen LogP contribution in [0.2, 0.25) is 5.02 Å². The van der Waals surface area contributed by atoms with E-state index in [0.717, 1.165) is 18.7 Å². The summed E-state index contributed by atoms with van der Waals surface area (Å²) >= 11 is 5.99. The minimum Gasteiger partial charge on any atom is -0.384 e. The second kappa shape index (κ2) is 4.14. The van der Waals surface area contributed by atoms with Crippen LogP contribution in [0, 0.1) is 0 Å². The number of ketones is 1. The molecule has 1 N–H and O–H groups in total. The maximum atomic E-state index is 12.4. The Morgan fingerprint density at radius 2 is 2.33 bits per heavy atom. The summed E-state index contributed by atoms with van der Waals surface area (Å²) in [6, 6.07) is 5.72. The quantitative estimate of drug-likeness (QED) is 0.844. The number of halogens is 1. The Morgan fingerprint density at radius 1 is 1.50 bits per heavy atom. The third kappa shape index (κ3) is 1.69. The summed E-state index contributed by atoms with van der Waals surface area (Å²) in [5.74, 6) is -0.100. The minimum atomic E-state index is -0.100. The van der Waals surface area contributed by atoms with Crippen molar-refractivity contribution in [3.8, 4) is 0 Å². The van der Waals surface area contributed by atoms with E-state index < -0.39 is 0 Å². The first kappa shape index (κ1) is 11.3. The number of aryl methyl sites for hydroxylation is 1. The highest BCUT2D eigenvalue weighted by Gasteiger charge is 2.19. The van der Waals surface area contributed by atoms with E-state index in [1.165, 1.54) is 16.4 Å². The van der Waals surface area contributed by atoms with Crippen molar-refractivity contribution in [1.82, 2.24) is 9.78 Å². The highest BCUT2D eigenvalue weighted by molar-refractivity contribution is 6.34. The molecule has 0 amide bonds. The molecule has 1 aliphatic heterocycles. The van der Waals surface area contributed by atoms with Crippen molar-refractivity contribution in [3.63, 3.8) is 0 Å². The molecule has 18 heavy (non-hydrogen) atoms. The van der Waals surface area contributed by atoms with Crippen molar-refractivity contribution in [2.45, 2.75) is 6.42 Å². The average molecular weight is 262 g/mol. The molecule has 2 heterocycles. The molecular formula is C13H12ClN3O. The number of benzene rings is 1. The molecule has 1 aromatic carbocycles. The Bertz CT molecular complexity index is 614. The number of hydrogen-bond acceptors (Lipinski definition) is 3. The second-order valence-corrected chi connectivity index (χ2v) is 4.75. The predicted octanol–water partition coefficient (Wildman–Crippen LogP) is 2.27. The largest absolute Gasteiger partial charge is 0.384 e. The number of carbonyl (C=O) groups is 1. The van der Waals surface area contributed by atoms with E-state index in [1.54, 1.807) is 7.05 Å². The van der Waals surface area contributed by atoms with Gasteiger partial charge in [-0.2, -0.15) is 5.10 Å². The van der Waals surface area contributed by atoms with Crippen LogP contribution in [0.1, 0.15) is 21.6 Å². The molecule has 1 aliphatic rings. The van der Waals surface area contributed by atoms with E-state index in [1.807, 2.05) is 18.2 Å².